The number of nitrogens with zero attached hydrogens (tertiary/aromatic N) is 2. The minimum Gasteiger partial charge on any atom is -0.386 e. The number of oxime groups is 1. The zero-order valence-corrected chi connectivity index (χ0v) is 13.1. The Hall–Kier alpha value is -2.44. The van der Waals surface area contributed by atoms with Crippen LogP contribution in [0, 0.1) is 16.0 Å². The molecule has 0 unspecified atom stereocenters. The van der Waals surface area contributed by atoms with Gasteiger partial charge in [-0.15, -0.1) is 0 Å². The number of non-ortho nitro benzene ring substituents is 1. The molecule has 1 amide bonds. The van der Waals surface area contributed by atoms with Crippen molar-refractivity contribution in [2.75, 3.05) is 6.61 Å². The summed E-state index contributed by atoms with van der Waals surface area (Å²) in [5, 5.41) is 17.3. The van der Waals surface area contributed by atoms with Gasteiger partial charge in [0.1, 0.15) is 0 Å². The van der Waals surface area contributed by atoms with Gasteiger partial charge in [-0.2, -0.15) is 0 Å². The maximum absolute atomic E-state index is 11.8. The molecule has 0 aliphatic heterocycles. The summed E-state index contributed by atoms with van der Waals surface area (Å²) in [6, 6.07) is 6.23. The molecule has 0 saturated heterocycles. The summed E-state index contributed by atoms with van der Waals surface area (Å²) in [7, 11) is 0. The van der Waals surface area contributed by atoms with Crippen molar-refractivity contribution in [3.8, 4) is 0 Å². The van der Waals surface area contributed by atoms with E-state index >= 15 is 0 Å². The Labute approximate surface area is 134 Å². The Bertz CT molecular complexity index is 588. The van der Waals surface area contributed by atoms with Crippen molar-refractivity contribution < 1.29 is 14.6 Å². The zero-order valence-electron chi connectivity index (χ0n) is 13.1. The van der Waals surface area contributed by atoms with Gasteiger partial charge in [-0.05, 0) is 18.8 Å². The Kier molecular flexibility index (Phi) is 6.08. The maximum atomic E-state index is 11.8. The molecule has 1 aliphatic rings. The fourth-order valence-electron chi connectivity index (χ4n) is 2.69. The van der Waals surface area contributed by atoms with Crippen molar-refractivity contribution in [3.63, 3.8) is 0 Å². The van der Waals surface area contributed by atoms with Crippen molar-refractivity contribution in [2.24, 2.45) is 11.1 Å². The fourth-order valence-corrected chi connectivity index (χ4v) is 2.69. The van der Waals surface area contributed by atoms with Gasteiger partial charge in [0, 0.05) is 23.7 Å². The van der Waals surface area contributed by atoms with Crippen LogP contribution < -0.4 is 5.32 Å². The lowest BCUT2D eigenvalue weighted by Gasteiger charge is -2.29. The first-order chi connectivity index (χ1) is 11.1. The summed E-state index contributed by atoms with van der Waals surface area (Å²) in [6.07, 6.45) is 5.85. The molecule has 0 heterocycles. The van der Waals surface area contributed by atoms with Gasteiger partial charge in [-0.3, -0.25) is 14.9 Å². The third-order valence-electron chi connectivity index (χ3n) is 4.01. The van der Waals surface area contributed by atoms with Crippen LogP contribution in [0.5, 0.6) is 0 Å². The monoisotopic (exact) mass is 319 g/mol. The standard InChI is InChI=1S/C16H21N3O4/c1-12-5-2-3-8-15(12)18-16(20)11-23-17-10-13-6-4-7-14(9-13)19(21)22/h4,6-7,9-10,12,15H,2-3,5,8,11H2,1H3,(H,18,20)/b17-10-/t12-,15+/m0/s1. The minimum absolute atomic E-state index is 0.0158. The molecule has 0 spiro atoms. The molecular weight excluding hydrogens is 298 g/mol. The minimum atomic E-state index is -0.475. The van der Waals surface area contributed by atoms with Gasteiger partial charge in [-0.25, -0.2) is 0 Å². The average molecular weight is 319 g/mol. The topological polar surface area (TPSA) is 93.8 Å². The largest absolute Gasteiger partial charge is 0.386 e. The van der Waals surface area contributed by atoms with Gasteiger partial charge < -0.3 is 10.2 Å². The number of nitro benzene ring substituents is 1. The molecule has 1 aromatic rings. The highest BCUT2D eigenvalue weighted by Crippen LogP contribution is 2.23. The number of benzene rings is 1. The van der Waals surface area contributed by atoms with Crippen LogP contribution >= 0.6 is 0 Å². The van der Waals surface area contributed by atoms with Gasteiger partial charge >= 0.3 is 0 Å². The van der Waals surface area contributed by atoms with Crippen molar-refractivity contribution in [1.29, 1.82) is 0 Å². The van der Waals surface area contributed by atoms with Crippen molar-refractivity contribution in [3.05, 3.63) is 39.9 Å². The van der Waals surface area contributed by atoms with Gasteiger partial charge in [0.25, 0.3) is 11.6 Å². The third kappa shape index (κ3) is 5.36. The first kappa shape index (κ1) is 16.9. The normalized spacial score (nSPS) is 21.1. The quantitative estimate of drug-likeness (QED) is 0.495. The number of carbonyl (C=O) groups is 1. The highest BCUT2D eigenvalue weighted by atomic mass is 16.6. The predicted octanol–water partition coefficient (Wildman–Crippen LogP) is 2.64. The lowest BCUT2D eigenvalue weighted by molar-refractivity contribution is -0.384. The van der Waals surface area contributed by atoms with E-state index in [0.29, 0.717) is 11.5 Å². The number of nitrogens with one attached hydrogen (secondary N) is 1. The summed E-state index contributed by atoms with van der Waals surface area (Å²) in [5.74, 6) is 0.293. The smallest absolute Gasteiger partial charge is 0.270 e. The molecule has 1 aromatic carbocycles. The summed E-state index contributed by atoms with van der Waals surface area (Å²) < 4.78 is 0. The predicted molar refractivity (Wildman–Crippen MR) is 86.2 cm³/mol. The molecule has 0 bridgehead atoms. The van der Waals surface area contributed by atoms with E-state index in [4.69, 9.17) is 4.84 Å². The number of hydrogen-bond acceptors (Lipinski definition) is 5. The number of rotatable bonds is 6. The van der Waals surface area contributed by atoms with E-state index in [0.717, 1.165) is 19.3 Å². The first-order valence-electron chi connectivity index (χ1n) is 7.75. The molecular formula is C16H21N3O4. The molecule has 124 valence electrons. The second-order valence-electron chi connectivity index (χ2n) is 5.80. The number of nitro groups is 1. The van der Waals surface area contributed by atoms with E-state index in [9.17, 15) is 14.9 Å². The molecule has 7 heteroatoms. The molecule has 1 fully saturated rings. The van der Waals surface area contributed by atoms with Crippen LogP contribution in [0.15, 0.2) is 29.4 Å². The van der Waals surface area contributed by atoms with Gasteiger partial charge in [0.2, 0.25) is 0 Å². The Morgan fingerprint density at radius 3 is 3.00 bits per heavy atom. The Morgan fingerprint density at radius 1 is 1.48 bits per heavy atom. The van der Waals surface area contributed by atoms with E-state index in [1.807, 2.05) is 0 Å². The highest BCUT2D eigenvalue weighted by molar-refractivity contribution is 5.80. The third-order valence-corrected chi connectivity index (χ3v) is 4.01. The molecule has 7 nitrogen and oxygen atoms in total. The van der Waals surface area contributed by atoms with Crippen LogP contribution in [0.3, 0.4) is 0 Å². The van der Waals surface area contributed by atoms with E-state index in [1.165, 1.54) is 24.8 Å². The van der Waals surface area contributed by atoms with E-state index < -0.39 is 4.92 Å². The molecule has 23 heavy (non-hydrogen) atoms. The Morgan fingerprint density at radius 2 is 2.26 bits per heavy atom. The van der Waals surface area contributed by atoms with Crippen molar-refractivity contribution >= 4 is 17.8 Å². The van der Waals surface area contributed by atoms with Crippen LogP contribution in [0.1, 0.15) is 38.2 Å². The first-order valence-corrected chi connectivity index (χ1v) is 7.75. The summed E-state index contributed by atoms with van der Waals surface area (Å²) in [4.78, 5) is 27.0. The fraction of sp³-hybridized carbons (Fsp3) is 0.500. The number of amides is 1. The average Bonchev–Trinajstić information content (AvgIpc) is 2.54. The second-order valence-corrected chi connectivity index (χ2v) is 5.80. The molecule has 1 aliphatic carbocycles. The second kappa shape index (κ2) is 8.26. The zero-order chi connectivity index (χ0) is 16.7. The maximum Gasteiger partial charge on any atom is 0.270 e. The van der Waals surface area contributed by atoms with Gasteiger partial charge in [0.05, 0.1) is 11.1 Å². The SMILES string of the molecule is C[C@H]1CCCC[C@H]1NC(=O)CO/N=C\c1cccc([N+](=O)[O-])c1. The molecule has 0 aromatic heterocycles. The Balaban J connectivity index is 1.76. The van der Waals surface area contributed by atoms with Crippen LogP contribution in [0.4, 0.5) is 5.69 Å². The highest BCUT2D eigenvalue weighted by Gasteiger charge is 2.22. The van der Waals surface area contributed by atoms with Gasteiger partial charge in [-0.1, -0.05) is 37.1 Å². The summed E-state index contributed by atoms with van der Waals surface area (Å²) >= 11 is 0. The van der Waals surface area contributed by atoms with E-state index in [-0.39, 0.29) is 24.2 Å². The van der Waals surface area contributed by atoms with Crippen molar-refractivity contribution in [2.45, 2.75) is 38.6 Å². The van der Waals surface area contributed by atoms with Crippen LogP contribution in [0.25, 0.3) is 0 Å². The van der Waals surface area contributed by atoms with Crippen LogP contribution in [0.2, 0.25) is 0 Å². The molecule has 2 atom stereocenters. The van der Waals surface area contributed by atoms with Crippen LogP contribution in [-0.2, 0) is 9.63 Å². The molecule has 2 rings (SSSR count). The molecule has 1 saturated carbocycles. The summed E-state index contributed by atoms with van der Waals surface area (Å²) in [5.41, 5.74) is 0.526. The van der Waals surface area contributed by atoms with Crippen molar-refractivity contribution in [1.82, 2.24) is 5.32 Å². The van der Waals surface area contributed by atoms with Crippen LogP contribution in [-0.4, -0.2) is 29.7 Å². The lowest BCUT2D eigenvalue weighted by Crippen LogP contribution is -2.42. The van der Waals surface area contributed by atoms with E-state index in [2.05, 4.69) is 17.4 Å². The summed E-state index contributed by atoms with van der Waals surface area (Å²) in [6.45, 7) is 1.99. The number of hydrogen-bond donors (Lipinski definition) is 1. The number of carbonyl (C=O) groups excluding carboxylic acids is 1. The molecule has 0 radical (unpaired) electrons. The lowest BCUT2D eigenvalue weighted by atomic mass is 9.86. The van der Waals surface area contributed by atoms with Gasteiger partial charge in [0.15, 0.2) is 6.61 Å². The molecule has 1 N–H and O–H groups in total. The van der Waals surface area contributed by atoms with E-state index in [1.54, 1.807) is 12.1 Å².